The van der Waals surface area contributed by atoms with Crippen molar-refractivity contribution >= 4 is 23.5 Å². The molecular weight excluding hydrogens is 367 g/mol. The second-order valence-corrected chi connectivity index (χ2v) is 6.82. The van der Waals surface area contributed by atoms with E-state index in [4.69, 9.17) is 5.73 Å². The van der Waals surface area contributed by atoms with E-state index < -0.39 is 5.25 Å². The second kappa shape index (κ2) is 8.50. The number of aromatic nitrogens is 2. The molecule has 0 aliphatic rings. The number of aromatic amines is 1. The highest BCUT2D eigenvalue weighted by Crippen LogP contribution is 2.33. The number of nitrogens with two attached hydrogens (primary N) is 1. The van der Waals surface area contributed by atoms with Gasteiger partial charge in [0.25, 0.3) is 5.56 Å². The van der Waals surface area contributed by atoms with Gasteiger partial charge in [-0.3, -0.25) is 9.59 Å². The smallest absolute Gasteiger partial charge is 0.253 e. The van der Waals surface area contributed by atoms with E-state index in [-0.39, 0.29) is 34.8 Å². The van der Waals surface area contributed by atoms with Gasteiger partial charge in [0.2, 0.25) is 5.91 Å². The number of carbonyl (C=O) groups excluding carboxylic acids is 1. The summed E-state index contributed by atoms with van der Waals surface area (Å²) in [5, 5.41) is 2.45. The Kier molecular flexibility index (Phi) is 5.87. The maximum atomic E-state index is 13.0. The Hall–Kier alpha value is -3.13. The van der Waals surface area contributed by atoms with Gasteiger partial charge in [0, 0.05) is 12.6 Å². The minimum atomic E-state index is -0.642. The van der Waals surface area contributed by atoms with E-state index in [2.05, 4.69) is 15.3 Å². The third-order valence-electron chi connectivity index (χ3n) is 3.69. The molecule has 2 aromatic carbocycles. The predicted octanol–water partition coefficient (Wildman–Crippen LogP) is 2.64. The fourth-order valence-corrected chi connectivity index (χ4v) is 3.43. The zero-order valence-corrected chi connectivity index (χ0v) is 15.0. The molecule has 3 aromatic rings. The zero-order valence-electron chi connectivity index (χ0n) is 14.2. The summed E-state index contributed by atoms with van der Waals surface area (Å²) in [5.41, 5.74) is 6.76. The van der Waals surface area contributed by atoms with Crippen molar-refractivity contribution in [2.45, 2.75) is 17.0 Å². The van der Waals surface area contributed by atoms with Crippen molar-refractivity contribution in [3.05, 3.63) is 88.0 Å². The Morgan fingerprint density at radius 1 is 1.19 bits per heavy atom. The van der Waals surface area contributed by atoms with Crippen LogP contribution in [0.4, 0.5) is 10.2 Å². The molecule has 3 rings (SSSR count). The average Bonchev–Trinajstić information content (AvgIpc) is 2.65. The molecule has 1 amide bonds. The molecule has 8 heteroatoms. The van der Waals surface area contributed by atoms with Gasteiger partial charge in [-0.05, 0) is 23.3 Å². The fourth-order valence-electron chi connectivity index (χ4n) is 2.41. The number of H-pyrrole nitrogens is 1. The van der Waals surface area contributed by atoms with Crippen molar-refractivity contribution in [2.75, 3.05) is 5.73 Å². The monoisotopic (exact) mass is 384 g/mol. The molecule has 0 aliphatic carbocycles. The van der Waals surface area contributed by atoms with E-state index >= 15 is 0 Å². The van der Waals surface area contributed by atoms with Crippen LogP contribution in [0.1, 0.15) is 16.4 Å². The molecule has 0 saturated heterocycles. The number of nitrogens with zero attached hydrogens (tertiary/aromatic N) is 1. The molecule has 138 valence electrons. The summed E-state index contributed by atoms with van der Waals surface area (Å²) >= 11 is 1.10. The maximum Gasteiger partial charge on any atom is 0.253 e. The average molecular weight is 384 g/mol. The van der Waals surface area contributed by atoms with Gasteiger partial charge in [0.1, 0.15) is 16.9 Å². The van der Waals surface area contributed by atoms with E-state index in [0.29, 0.717) is 0 Å². The van der Waals surface area contributed by atoms with Crippen LogP contribution in [0.3, 0.4) is 0 Å². The summed E-state index contributed by atoms with van der Waals surface area (Å²) in [6.07, 6.45) is 0. The van der Waals surface area contributed by atoms with Gasteiger partial charge in [-0.1, -0.05) is 54.2 Å². The SMILES string of the molecule is Nc1cc(=O)[nH]c(SC(C(=O)NCc2ccc(F)cc2)c2ccccc2)n1. The van der Waals surface area contributed by atoms with Crippen LogP contribution in [0, 0.1) is 5.82 Å². The Labute approximate surface area is 159 Å². The third kappa shape index (κ3) is 5.18. The minimum absolute atomic E-state index is 0.0831. The first-order valence-electron chi connectivity index (χ1n) is 8.12. The van der Waals surface area contributed by atoms with Crippen molar-refractivity contribution in [2.24, 2.45) is 0 Å². The molecule has 1 unspecified atom stereocenters. The molecular formula is C19H17FN4O2S. The third-order valence-corrected chi connectivity index (χ3v) is 4.83. The van der Waals surface area contributed by atoms with Crippen LogP contribution in [0.5, 0.6) is 0 Å². The van der Waals surface area contributed by atoms with E-state index in [0.717, 1.165) is 22.9 Å². The Morgan fingerprint density at radius 3 is 2.56 bits per heavy atom. The van der Waals surface area contributed by atoms with Crippen LogP contribution >= 0.6 is 11.8 Å². The molecule has 4 N–H and O–H groups in total. The van der Waals surface area contributed by atoms with Crippen LogP contribution in [-0.2, 0) is 11.3 Å². The highest BCUT2D eigenvalue weighted by Gasteiger charge is 2.23. The molecule has 1 atom stereocenters. The molecule has 0 saturated carbocycles. The number of rotatable bonds is 6. The summed E-state index contributed by atoms with van der Waals surface area (Å²) < 4.78 is 13.0. The predicted molar refractivity (Wildman–Crippen MR) is 103 cm³/mol. The normalized spacial score (nSPS) is 11.7. The Morgan fingerprint density at radius 2 is 1.89 bits per heavy atom. The number of carbonyl (C=O) groups is 1. The number of hydrogen-bond acceptors (Lipinski definition) is 5. The molecule has 6 nitrogen and oxygen atoms in total. The summed E-state index contributed by atoms with van der Waals surface area (Å²) in [6.45, 7) is 0.254. The summed E-state index contributed by atoms with van der Waals surface area (Å²) in [7, 11) is 0. The molecule has 1 aromatic heterocycles. The van der Waals surface area contributed by atoms with Gasteiger partial charge in [-0.15, -0.1) is 0 Å². The number of benzene rings is 2. The van der Waals surface area contributed by atoms with Crippen LogP contribution < -0.4 is 16.6 Å². The molecule has 0 spiro atoms. The highest BCUT2D eigenvalue weighted by molar-refractivity contribution is 8.00. The van der Waals surface area contributed by atoms with Crippen molar-refractivity contribution in [1.29, 1.82) is 0 Å². The number of hydrogen-bond donors (Lipinski definition) is 3. The topological polar surface area (TPSA) is 101 Å². The molecule has 0 aliphatic heterocycles. The fraction of sp³-hybridized carbons (Fsp3) is 0.105. The maximum absolute atomic E-state index is 13.0. The van der Waals surface area contributed by atoms with E-state index in [1.54, 1.807) is 12.1 Å². The van der Waals surface area contributed by atoms with E-state index in [9.17, 15) is 14.0 Å². The number of nitrogen functional groups attached to an aromatic ring is 1. The van der Waals surface area contributed by atoms with Crippen LogP contribution in [0.2, 0.25) is 0 Å². The quantitative estimate of drug-likeness (QED) is 0.448. The van der Waals surface area contributed by atoms with Gasteiger partial charge in [-0.2, -0.15) is 0 Å². The van der Waals surface area contributed by atoms with Crippen LogP contribution in [0.25, 0.3) is 0 Å². The lowest BCUT2D eigenvalue weighted by Gasteiger charge is -2.16. The highest BCUT2D eigenvalue weighted by atomic mass is 32.2. The van der Waals surface area contributed by atoms with Gasteiger partial charge in [-0.25, -0.2) is 9.37 Å². The first kappa shape index (κ1) is 18.7. The lowest BCUT2D eigenvalue weighted by atomic mass is 10.1. The van der Waals surface area contributed by atoms with Crippen LogP contribution in [-0.4, -0.2) is 15.9 Å². The Bertz CT molecular complexity index is 977. The molecule has 0 fully saturated rings. The van der Waals surface area contributed by atoms with E-state index in [1.165, 1.54) is 18.2 Å². The first-order valence-corrected chi connectivity index (χ1v) is 9.00. The molecule has 0 bridgehead atoms. The van der Waals surface area contributed by atoms with Gasteiger partial charge < -0.3 is 16.0 Å². The number of anilines is 1. The summed E-state index contributed by atoms with van der Waals surface area (Å²) in [6, 6.07) is 16.2. The zero-order chi connectivity index (χ0) is 19.2. The number of nitrogens with one attached hydrogen (secondary N) is 2. The second-order valence-electron chi connectivity index (χ2n) is 5.73. The van der Waals surface area contributed by atoms with Gasteiger partial charge >= 0.3 is 0 Å². The molecule has 0 radical (unpaired) electrons. The van der Waals surface area contributed by atoms with Crippen LogP contribution in [0.15, 0.2) is 70.6 Å². The summed E-state index contributed by atoms with van der Waals surface area (Å²) in [5.74, 6) is -0.514. The van der Waals surface area contributed by atoms with Crippen molar-refractivity contribution < 1.29 is 9.18 Å². The van der Waals surface area contributed by atoms with Crippen molar-refractivity contribution in [3.63, 3.8) is 0 Å². The first-order chi connectivity index (χ1) is 13.0. The Balaban J connectivity index is 1.79. The van der Waals surface area contributed by atoms with Crippen molar-refractivity contribution in [1.82, 2.24) is 15.3 Å². The number of halogens is 1. The standard InChI is InChI=1S/C19H17FN4O2S/c20-14-8-6-12(7-9-14)11-22-18(26)17(13-4-2-1-3-5-13)27-19-23-15(21)10-16(25)24-19/h1-10,17H,11H2,(H,22,26)(H3,21,23,24,25). The van der Waals surface area contributed by atoms with Gasteiger partial charge in [0.15, 0.2) is 5.16 Å². The van der Waals surface area contributed by atoms with Gasteiger partial charge in [0.05, 0.1) is 0 Å². The molecule has 27 heavy (non-hydrogen) atoms. The number of amides is 1. The summed E-state index contributed by atoms with van der Waals surface area (Å²) in [4.78, 5) is 31.1. The lowest BCUT2D eigenvalue weighted by Crippen LogP contribution is -2.28. The lowest BCUT2D eigenvalue weighted by molar-refractivity contribution is -0.120. The number of thioether (sulfide) groups is 1. The van der Waals surface area contributed by atoms with Crippen molar-refractivity contribution in [3.8, 4) is 0 Å². The molecule has 1 heterocycles. The minimum Gasteiger partial charge on any atom is -0.383 e. The largest absolute Gasteiger partial charge is 0.383 e. The van der Waals surface area contributed by atoms with E-state index in [1.807, 2.05) is 30.3 Å².